The normalized spacial score (nSPS) is 23.4. The van der Waals surface area contributed by atoms with Gasteiger partial charge in [-0.25, -0.2) is 9.59 Å². The van der Waals surface area contributed by atoms with Gasteiger partial charge in [0.1, 0.15) is 54.7 Å². The number of rotatable bonds is 13. The first-order valence-electron chi connectivity index (χ1n) is 14.3. The lowest BCUT2D eigenvalue weighted by atomic mass is 9.97. The molecule has 0 unspecified atom stereocenters. The van der Waals surface area contributed by atoms with E-state index in [1.54, 1.807) is 51.1 Å². The molecule has 7 N–H and O–H groups in total. The first kappa shape index (κ1) is 37.4. The summed E-state index contributed by atoms with van der Waals surface area (Å²) in [6.45, 7) is 7.44. The Morgan fingerprint density at radius 3 is 2.16 bits per heavy atom. The van der Waals surface area contributed by atoms with Crippen molar-refractivity contribution in [3.8, 4) is 0 Å². The predicted octanol–water partition coefficient (Wildman–Crippen LogP) is -1.41. The number of aliphatic hydroxyl groups excluding tert-OH is 3. The van der Waals surface area contributed by atoms with Gasteiger partial charge in [0.2, 0.25) is 17.7 Å². The maximum absolute atomic E-state index is 13.3. The Morgan fingerprint density at radius 1 is 0.933 bits per heavy atom. The number of alkyl carbamates (subject to hydrolysis) is 1. The van der Waals surface area contributed by atoms with E-state index in [9.17, 15) is 39.3 Å². The molecular formula is C29H44N4O12. The van der Waals surface area contributed by atoms with Crippen LogP contribution in [0.15, 0.2) is 30.3 Å². The number of ether oxygens (including phenoxy) is 4. The molecule has 0 aliphatic carbocycles. The number of benzene rings is 1. The average Bonchev–Trinajstić information content (AvgIpc) is 2.96. The van der Waals surface area contributed by atoms with E-state index < -0.39 is 97.4 Å². The lowest BCUT2D eigenvalue weighted by molar-refractivity contribution is -0.271. The third-order valence-electron chi connectivity index (χ3n) is 6.37. The molecule has 1 saturated heterocycles. The number of esters is 1. The average molecular weight is 641 g/mol. The maximum atomic E-state index is 13.3. The first-order chi connectivity index (χ1) is 21.0. The summed E-state index contributed by atoms with van der Waals surface area (Å²) in [6.07, 6.45) is -6.87. The van der Waals surface area contributed by atoms with Gasteiger partial charge in [-0.15, -0.1) is 0 Å². The summed E-state index contributed by atoms with van der Waals surface area (Å²) < 4.78 is 21.6. The lowest BCUT2D eigenvalue weighted by Crippen LogP contribution is -2.65. The molecule has 45 heavy (non-hydrogen) atoms. The van der Waals surface area contributed by atoms with Gasteiger partial charge in [0.25, 0.3) is 0 Å². The van der Waals surface area contributed by atoms with Crippen LogP contribution >= 0.6 is 0 Å². The zero-order chi connectivity index (χ0) is 33.9. The Hall–Kier alpha value is -3.83. The van der Waals surface area contributed by atoms with Crippen LogP contribution in [0.3, 0.4) is 0 Å². The molecule has 0 spiro atoms. The second-order valence-electron chi connectivity index (χ2n) is 11.5. The first-order valence-corrected chi connectivity index (χ1v) is 14.3. The molecular weight excluding hydrogens is 596 g/mol. The molecule has 8 atom stereocenters. The van der Waals surface area contributed by atoms with Gasteiger partial charge in [0, 0.05) is 6.92 Å². The molecule has 1 aromatic rings. The highest BCUT2D eigenvalue weighted by Gasteiger charge is 2.46. The van der Waals surface area contributed by atoms with Crippen LogP contribution in [0.25, 0.3) is 0 Å². The second kappa shape index (κ2) is 17.0. The molecule has 4 amide bonds. The van der Waals surface area contributed by atoms with Gasteiger partial charge in [-0.3, -0.25) is 14.4 Å². The Balaban J connectivity index is 2.16. The number of carbonyl (C=O) groups excluding carboxylic acids is 5. The van der Waals surface area contributed by atoms with E-state index in [0.717, 1.165) is 12.5 Å². The second-order valence-corrected chi connectivity index (χ2v) is 11.5. The fraction of sp³-hybridized carbons (Fsp3) is 0.621. The predicted molar refractivity (Wildman–Crippen MR) is 156 cm³/mol. The molecule has 0 saturated carbocycles. The zero-order valence-electron chi connectivity index (χ0n) is 26.1. The number of amides is 4. The fourth-order valence-electron chi connectivity index (χ4n) is 4.05. The highest BCUT2D eigenvalue weighted by Crippen LogP contribution is 2.22. The van der Waals surface area contributed by atoms with Crippen molar-refractivity contribution in [3.05, 3.63) is 35.9 Å². The minimum absolute atomic E-state index is 0.0470. The van der Waals surface area contributed by atoms with E-state index >= 15 is 0 Å². The summed E-state index contributed by atoms with van der Waals surface area (Å²) in [5.74, 6) is -3.06. The van der Waals surface area contributed by atoms with Crippen LogP contribution in [0.2, 0.25) is 0 Å². The molecule has 16 nitrogen and oxygen atoms in total. The van der Waals surface area contributed by atoms with E-state index in [-0.39, 0.29) is 6.61 Å². The van der Waals surface area contributed by atoms with Crippen molar-refractivity contribution in [2.24, 2.45) is 0 Å². The van der Waals surface area contributed by atoms with Crippen molar-refractivity contribution >= 4 is 29.8 Å². The van der Waals surface area contributed by atoms with Crippen LogP contribution in [0.1, 0.15) is 47.1 Å². The minimum Gasteiger partial charge on any atom is -0.458 e. The molecule has 0 bridgehead atoms. The molecule has 0 radical (unpaired) electrons. The molecule has 1 heterocycles. The van der Waals surface area contributed by atoms with E-state index in [1.165, 1.54) is 13.8 Å². The maximum Gasteiger partial charge on any atom is 0.408 e. The Morgan fingerprint density at radius 2 is 1.58 bits per heavy atom. The van der Waals surface area contributed by atoms with Crippen LogP contribution in [0.4, 0.5) is 4.79 Å². The summed E-state index contributed by atoms with van der Waals surface area (Å²) in [7, 11) is 0. The van der Waals surface area contributed by atoms with Crippen molar-refractivity contribution in [3.63, 3.8) is 0 Å². The lowest BCUT2D eigenvalue weighted by Gasteiger charge is -2.42. The molecule has 0 aromatic heterocycles. The van der Waals surface area contributed by atoms with Gasteiger partial charge in [-0.2, -0.15) is 0 Å². The standard InChI is InChI=1S/C29H44N4O12/c1-15(31-28(41)43-13-18-10-8-7-9-11-18)24(38)33-19(25(39)30-16(2)26(40)45-29(4,5)6)14-42-27-21(32-17(3)35)23(37)22(36)20(12-34)44-27/h7-11,15-16,19-23,27,34,36-37H,12-14H2,1-6H3,(H,30,39)(H,31,41)(H,32,35)(H,33,38)/t15-,16-,19-,20+,21+,22+,23+,27+/m0/s1. The van der Waals surface area contributed by atoms with Gasteiger partial charge in [-0.05, 0) is 40.2 Å². The molecule has 1 aliphatic rings. The van der Waals surface area contributed by atoms with E-state index in [1.807, 2.05) is 0 Å². The van der Waals surface area contributed by atoms with Crippen LogP contribution in [-0.2, 0) is 44.7 Å². The van der Waals surface area contributed by atoms with Crippen LogP contribution in [0, 0.1) is 0 Å². The topological polar surface area (TPSA) is 231 Å². The zero-order valence-corrected chi connectivity index (χ0v) is 26.1. The fourth-order valence-corrected chi connectivity index (χ4v) is 4.05. The largest absolute Gasteiger partial charge is 0.458 e. The Labute approximate surface area is 261 Å². The number of aliphatic hydroxyl groups is 3. The van der Waals surface area contributed by atoms with E-state index in [0.29, 0.717) is 0 Å². The third-order valence-corrected chi connectivity index (χ3v) is 6.37. The molecule has 1 fully saturated rings. The van der Waals surface area contributed by atoms with Crippen LogP contribution < -0.4 is 21.3 Å². The van der Waals surface area contributed by atoms with Gasteiger partial charge in [-0.1, -0.05) is 30.3 Å². The Bertz CT molecular complexity index is 1160. The third kappa shape index (κ3) is 12.2. The van der Waals surface area contributed by atoms with Crippen molar-refractivity contribution in [1.29, 1.82) is 0 Å². The smallest absolute Gasteiger partial charge is 0.408 e. The van der Waals surface area contributed by atoms with Crippen molar-refractivity contribution in [2.75, 3.05) is 13.2 Å². The summed E-state index contributed by atoms with van der Waals surface area (Å²) in [5.41, 5.74) is -0.115. The highest BCUT2D eigenvalue weighted by molar-refractivity contribution is 5.93. The van der Waals surface area contributed by atoms with Crippen LogP contribution in [-0.4, -0.2) is 113 Å². The number of nitrogens with one attached hydrogen (secondary N) is 4. The molecule has 252 valence electrons. The molecule has 16 heteroatoms. The quantitative estimate of drug-likeness (QED) is 0.123. The SMILES string of the molecule is CC(=O)N[C@H]1[C@H](OC[C@H](NC(=O)[C@H](C)NC(=O)OCc2ccccc2)C(=O)N[C@@H](C)C(=O)OC(C)(C)C)O[C@H](CO)[C@@H](O)[C@@H]1O. The van der Waals surface area contributed by atoms with Gasteiger partial charge in [0.05, 0.1) is 13.2 Å². The Kier molecular flexibility index (Phi) is 14.1. The van der Waals surface area contributed by atoms with E-state index in [2.05, 4.69) is 21.3 Å². The minimum atomic E-state index is -1.62. The summed E-state index contributed by atoms with van der Waals surface area (Å²) in [4.78, 5) is 62.8. The molecule has 2 rings (SSSR count). The summed E-state index contributed by atoms with van der Waals surface area (Å²) in [6, 6.07) is 3.68. The van der Waals surface area contributed by atoms with E-state index in [4.69, 9.17) is 18.9 Å². The number of hydrogen-bond donors (Lipinski definition) is 7. The van der Waals surface area contributed by atoms with Crippen molar-refractivity contribution in [1.82, 2.24) is 21.3 Å². The highest BCUT2D eigenvalue weighted by atomic mass is 16.7. The van der Waals surface area contributed by atoms with Gasteiger partial charge >= 0.3 is 12.1 Å². The summed E-state index contributed by atoms with van der Waals surface area (Å²) in [5, 5.41) is 40.0. The number of carbonyl (C=O) groups is 5. The monoisotopic (exact) mass is 640 g/mol. The van der Waals surface area contributed by atoms with Crippen molar-refractivity contribution in [2.45, 2.75) is 103 Å². The van der Waals surface area contributed by atoms with Crippen molar-refractivity contribution < 1.29 is 58.2 Å². The van der Waals surface area contributed by atoms with Crippen LogP contribution in [0.5, 0.6) is 0 Å². The summed E-state index contributed by atoms with van der Waals surface area (Å²) >= 11 is 0. The number of hydrogen-bond acceptors (Lipinski definition) is 12. The molecule has 1 aliphatic heterocycles. The van der Waals surface area contributed by atoms with Gasteiger partial charge in [0.15, 0.2) is 6.29 Å². The molecule has 1 aromatic carbocycles. The van der Waals surface area contributed by atoms with Gasteiger partial charge < -0.3 is 55.5 Å².